The van der Waals surface area contributed by atoms with Gasteiger partial charge in [0.05, 0.1) is 11.9 Å². The lowest BCUT2D eigenvalue weighted by Crippen LogP contribution is -2.16. The zero-order valence-electron chi connectivity index (χ0n) is 13.7. The summed E-state index contributed by atoms with van der Waals surface area (Å²) in [5.41, 5.74) is 4.80. The molecule has 4 aromatic rings. The lowest BCUT2D eigenvalue weighted by Gasteiger charge is -2.15. The Balaban J connectivity index is 1.44. The molecule has 0 aliphatic carbocycles. The smallest absolute Gasteiger partial charge is 0.0645 e. The Bertz CT molecular complexity index is 936. The first-order valence-electron chi connectivity index (χ1n) is 8.11. The van der Waals surface area contributed by atoms with E-state index in [2.05, 4.69) is 64.6 Å². The molecule has 0 unspecified atom stereocenters. The van der Waals surface area contributed by atoms with Gasteiger partial charge in [0.2, 0.25) is 0 Å². The number of para-hydroxylation sites is 1. The van der Waals surface area contributed by atoms with Gasteiger partial charge in [-0.15, -0.1) is 0 Å². The van der Waals surface area contributed by atoms with Crippen molar-refractivity contribution in [1.82, 2.24) is 19.7 Å². The first kappa shape index (κ1) is 14.7. The van der Waals surface area contributed by atoms with Crippen molar-refractivity contribution in [3.63, 3.8) is 0 Å². The average molecular weight is 316 g/mol. The molecule has 0 aliphatic rings. The van der Waals surface area contributed by atoms with Gasteiger partial charge in [0.1, 0.15) is 0 Å². The Morgan fingerprint density at radius 1 is 1.00 bits per heavy atom. The predicted octanol–water partition coefficient (Wildman–Crippen LogP) is 3.99. The molecule has 0 radical (unpaired) electrons. The third-order valence-corrected chi connectivity index (χ3v) is 4.18. The normalized spacial score (nSPS) is 11.4. The van der Waals surface area contributed by atoms with Crippen LogP contribution in [0.3, 0.4) is 0 Å². The quantitative estimate of drug-likeness (QED) is 0.604. The first-order valence-corrected chi connectivity index (χ1v) is 8.11. The second-order valence-electron chi connectivity index (χ2n) is 6.20. The Hall–Kier alpha value is -2.85. The highest BCUT2D eigenvalue weighted by molar-refractivity contribution is 5.79. The summed E-state index contributed by atoms with van der Waals surface area (Å²) in [6, 6.07) is 18.9. The number of aromatic amines is 1. The number of benzene rings is 2. The molecular formula is C20H20N4. The van der Waals surface area contributed by atoms with Crippen LogP contribution in [-0.4, -0.2) is 26.7 Å². The molecule has 1 N–H and O–H groups in total. The van der Waals surface area contributed by atoms with Crippen molar-refractivity contribution in [2.45, 2.75) is 13.1 Å². The minimum absolute atomic E-state index is 0.873. The van der Waals surface area contributed by atoms with E-state index in [0.29, 0.717) is 0 Å². The summed E-state index contributed by atoms with van der Waals surface area (Å²) in [7, 11) is 2.14. The van der Waals surface area contributed by atoms with E-state index in [9.17, 15) is 0 Å². The average Bonchev–Trinajstić information content (AvgIpc) is 3.24. The molecule has 4 rings (SSSR count). The molecule has 2 heterocycles. The van der Waals surface area contributed by atoms with Crippen molar-refractivity contribution in [1.29, 1.82) is 0 Å². The maximum Gasteiger partial charge on any atom is 0.0645 e. The fourth-order valence-corrected chi connectivity index (χ4v) is 3.04. The Morgan fingerprint density at radius 3 is 2.71 bits per heavy atom. The zero-order chi connectivity index (χ0) is 16.4. The van der Waals surface area contributed by atoms with Crippen LogP contribution < -0.4 is 0 Å². The molecule has 0 saturated carbocycles. The lowest BCUT2D eigenvalue weighted by atomic mass is 10.1. The molecule has 0 bridgehead atoms. The summed E-state index contributed by atoms with van der Waals surface area (Å²) in [5, 5.41) is 5.73. The molecule has 0 atom stereocenters. The van der Waals surface area contributed by atoms with E-state index in [4.69, 9.17) is 0 Å². The number of rotatable bonds is 5. The van der Waals surface area contributed by atoms with E-state index in [0.717, 1.165) is 18.8 Å². The van der Waals surface area contributed by atoms with Gasteiger partial charge in [-0.1, -0.05) is 24.3 Å². The minimum Gasteiger partial charge on any atom is -0.361 e. The van der Waals surface area contributed by atoms with Crippen LogP contribution in [0.4, 0.5) is 0 Å². The van der Waals surface area contributed by atoms with Gasteiger partial charge in [0.25, 0.3) is 0 Å². The van der Waals surface area contributed by atoms with Gasteiger partial charge in [0, 0.05) is 36.6 Å². The number of hydrogen-bond acceptors (Lipinski definition) is 2. The lowest BCUT2D eigenvalue weighted by molar-refractivity contribution is 0.319. The van der Waals surface area contributed by atoms with E-state index in [1.807, 2.05) is 35.3 Å². The van der Waals surface area contributed by atoms with Gasteiger partial charge in [0.15, 0.2) is 0 Å². The summed E-state index contributed by atoms with van der Waals surface area (Å²) in [6.45, 7) is 1.79. The van der Waals surface area contributed by atoms with Crippen LogP contribution in [0.25, 0.3) is 16.6 Å². The van der Waals surface area contributed by atoms with E-state index in [1.54, 1.807) is 0 Å². The summed E-state index contributed by atoms with van der Waals surface area (Å²) in [6.07, 6.45) is 6.02. The molecule has 0 amide bonds. The van der Waals surface area contributed by atoms with Crippen molar-refractivity contribution in [3.8, 4) is 5.69 Å². The van der Waals surface area contributed by atoms with Crippen LogP contribution in [0.1, 0.15) is 11.1 Å². The minimum atomic E-state index is 0.873. The van der Waals surface area contributed by atoms with Crippen LogP contribution in [0.15, 0.2) is 73.2 Å². The third kappa shape index (κ3) is 3.09. The highest BCUT2D eigenvalue weighted by Gasteiger charge is 2.06. The maximum atomic E-state index is 4.47. The van der Waals surface area contributed by atoms with E-state index < -0.39 is 0 Å². The molecule has 4 heteroatoms. The molecule has 2 aromatic heterocycles. The highest BCUT2D eigenvalue weighted by Crippen LogP contribution is 2.16. The van der Waals surface area contributed by atoms with Gasteiger partial charge in [-0.05, 0) is 48.3 Å². The van der Waals surface area contributed by atoms with Gasteiger partial charge >= 0.3 is 0 Å². The second kappa shape index (κ2) is 6.34. The van der Waals surface area contributed by atoms with Gasteiger partial charge in [-0.2, -0.15) is 5.10 Å². The number of nitrogens with one attached hydrogen (secondary N) is 1. The van der Waals surface area contributed by atoms with Crippen molar-refractivity contribution >= 4 is 10.9 Å². The van der Waals surface area contributed by atoms with Crippen molar-refractivity contribution in [3.05, 3.63) is 84.3 Å². The fraction of sp³-hybridized carbons (Fsp3) is 0.150. The summed E-state index contributed by atoms with van der Waals surface area (Å²) in [4.78, 5) is 5.54. The maximum absolute atomic E-state index is 4.47. The van der Waals surface area contributed by atoms with Gasteiger partial charge in [-0.25, -0.2) is 4.68 Å². The molecule has 0 fully saturated rings. The number of aromatic nitrogens is 3. The van der Waals surface area contributed by atoms with E-state index in [1.165, 1.54) is 22.0 Å². The molecule has 0 aliphatic heterocycles. The van der Waals surface area contributed by atoms with Gasteiger partial charge < -0.3 is 4.98 Å². The Morgan fingerprint density at radius 2 is 1.83 bits per heavy atom. The number of fused-ring (bicyclic) bond motifs is 1. The largest absolute Gasteiger partial charge is 0.361 e. The Labute approximate surface area is 141 Å². The molecule has 4 nitrogen and oxygen atoms in total. The Kier molecular flexibility index (Phi) is 3.89. The number of nitrogens with zero attached hydrogens (tertiary/aromatic N) is 3. The third-order valence-electron chi connectivity index (χ3n) is 4.18. The van der Waals surface area contributed by atoms with E-state index in [-0.39, 0.29) is 0 Å². The molecular weight excluding hydrogens is 296 g/mol. The zero-order valence-corrected chi connectivity index (χ0v) is 13.7. The molecule has 0 saturated heterocycles. The van der Waals surface area contributed by atoms with Crippen molar-refractivity contribution in [2.75, 3.05) is 7.05 Å². The second-order valence-corrected chi connectivity index (χ2v) is 6.20. The molecule has 2 aromatic carbocycles. The summed E-state index contributed by atoms with van der Waals surface area (Å²) < 4.78 is 1.93. The summed E-state index contributed by atoms with van der Waals surface area (Å²) >= 11 is 0. The van der Waals surface area contributed by atoms with Crippen LogP contribution >= 0.6 is 0 Å². The number of H-pyrrole nitrogens is 1. The molecule has 0 spiro atoms. The summed E-state index contributed by atoms with van der Waals surface area (Å²) in [5.74, 6) is 0. The number of hydrogen-bond donors (Lipinski definition) is 1. The SMILES string of the molecule is CN(Cc1ccc2[nH]ccc2c1)Cc1cnn(-c2ccccc2)c1. The topological polar surface area (TPSA) is 36.9 Å². The van der Waals surface area contributed by atoms with Crippen molar-refractivity contribution < 1.29 is 0 Å². The predicted molar refractivity (Wildman–Crippen MR) is 97.0 cm³/mol. The van der Waals surface area contributed by atoms with Crippen LogP contribution in [0.5, 0.6) is 0 Å². The standard InChI is InChI=1S/C20H20N4/c1-23(13-16-7-8-20-18(11-16)9-10-21-20)14-17-12-22-24(15-17)19-5-3-2-4-6-19/h2-12,15,21H,13-14H2,1H3. The first-order chi connectivity index (χ1) is 11.8. The molecule has 120 valence electrons. The van der Waals surface area contributed by atoms with Crippen LogP contribution in [-0.2, 0) is 13.1 Å². The highest BCUT2D eigenvalue weighted by atomic mass is 15.3. The van der Waals surface area contributed by atoms with Crippen LogP contribution in [0.2, 0.25) is 0 Å². The van der Waals surface area contributed by atoms with Gasteiger partial charge in [-0.3, -0.25) is 4.90 Å². The molecule has 24 heavy (non-hydrogen) atoms. The van der Waals surface area contributed by atoms with Crippen LogP contribution in [0, 0.1) is 0 Å². The van der Waals surface area contributed by atoms with Crippen molar-refractivity contribution in [2.24, 2.45) is 0 Å². The fourth-order valence-electron chi connectivity index (χ4n) is 3.04. The van der Waals surface area contributed by atoms with E-state index >= 15 is 0 Å². The monoisotopic (exact) mass is 316 g/mol.